The van der Waals surface area contributed by atoms with Crippen LogP contribution in [0.5, 0.6) is 0 Å². The summed E-state index contributed by atoms with van der Waals surface area (Å²) in [5, 5.41) is 13.5. The van der Waals surface area contributed by atoms with Crippen LogP contribution in [-0.4, -0.2) is 35.9 Å². The monoisotopic (exact) mass is 267 g/mol. The highest BCUT2D eigenvalue weighted by molar-refractivity contribution is 5.79. The molecule has 1 rings (SSSR count). The van der Waals surface area contributed by atoms with Crippen molar-refractivity contribution in [2.24, 2.45) is 5.92 Å². The fourth-order valence-electron chi connectivity index (χ4n) is 2.36. The minimum Gasteiger partial charge on any atom is -0.387 e. The molecule has 4 heteroatoms. The summed E-state index contributed by atoms with van der Waals surface area (Å²) in [6, 6.07) is -0.334. The van der Waals surface area contributed by atoms with Crippen molar-refractivity contribution in [3.05, 3.63) is 25.3 Å². The van der Waals surface area contributed by atoms with Crippen molar-refractivity contribution < 1.29 is 14.6 Å². The van der Waals surface area contributed by atoms with E-state index in [2.05, 4.69) is 18.5 Å². The SMILES string of the molecule is C=CCC(O)(CC=C)[C@H](C)NC(=O)C1CCOCC1. The number of carbonyl (C=O) groups excluding carboxylic acids is 1. The molecule has 0 aromatic rings. The average Bonchev–Trinajstić information content (AvgIpc) is 2.40. The lowest BCUT2D eigenvalue weighted by Crippen LogP contribution is -2.52. The first-order chi connectivity index (χ1) is 9.03. The maximum Gasteiger partial charge on any atom is 0.223 e. The van der Waals surface area contributed by atoms with Crippen LogP contribution >= 0.6 is 0 Å². The van der Waals surface area contributed by atoms with Gasteiger partial charge in [0, 0.05) is 19.1 Å². The van der Waals surface area contributed by atoms with E-state index in [0.717, 1.165) is 12.8 Å². The third-order valence-electron chi connectivity index (χ3n) is 3.75. The van der Waals surface area contributed by atoms with Gasteiger partial charge in [-0.1, -0.05) is 12.2 Å². The molecule has 1 amide bonds. The van der Waals surface area contributed by atoms with Crippen molar-refractivity contribution in [1.29, 1.82) is 0 Å². The van der Waals surface area contributed by atoms with Crippen molar-refractivity contribution in [3.63, 3.8) is 0 Å². The molecule has 1 aliphatic heterocycles. The molecule has 1 saturated heterocycles. The molecule has 4 nitrogen and oxygen atoms in total. The van der Waals surface area contributed by atoms with Gasteiger partial charge >= 0.3 is 0 Å². The van der Waals surface area contributed by atoms with Crippen LogP contribution < -0.4 is 5.32 Å². The van der Waals surface area contributed by atoms with Gasteiger partial charge in [-0.05, 0) is 32.6 Å². The standard InChI is InChI=1S/C15H25NO3/c1-4-8-15(18,9-5-2)12(3)16-14(17)13-6-10-19-11-7-13/h4-5,12-13,18H,1-2,6-11H2,3H3,(H,16,17)/t12-/m0/s1. The van der Waals surface area contributed by atoms with Gasteiger partial charge in [-0.25, -0.2) is 0 Å². The Morgan fingerprint density at radius 1 is 1.42 bits per heavy atom. The zero-order chi connectivity index (χ0) is 14.3. The number of amides is 1. The summed E-state index contributed by atoms with van der Waals surface area (Å²) in [5.41, 5.74) is -1.01. The zero-order valence-electron chi connectivity index (χ0n) is 11.7. The summed E-state index contributed by atoms with van der Waals surface area (Å²) >= 11 is 0. The molecule has 1 fully saturated rings. The number of carbonyl (C=O) groups is 1. The van der Waals surface area contributed by atoms with Gasteiger partial charge in [0.2, 0.25) is 5.91 Å². The van der Waals surface area contributed by atoms with E-state index >= 15 is 0 Å². The van der Waals surface area contributed by atoms with Gasteiger partial charge in [0.1, 0.15) is 0 Å². The Balaban J connectivity index is 2.59. The predicted octanol–water partition coefficient (Wildman–Crippen LogP) is 1.80. The summed E-state index contributed by atoms with van der Waals surface area (Å²) < 4.78 is 5.24. The summed E-state index contributed by atoms with van der Waals surface area (Å²) in [6.07, 6.45) is 5.68. The lowest BCUT2D eigenvalue weighted by molar-refractivity contribution is -0.130. The second-order valence-corrected chi connectivity index (χ2v) is 5.21. The maximum absolute atomic E-state index is 12.1. The highest BCUT2D eigenvalue weighted by Gasteiger charge is 2.33. The van der Waals surface area contributed by atoms with Crippen molar-refractivity contribution >= 4 is 5.91 Å². The number of rotatable bonds is 7. The van der Waals surface area contributed by atoms with E-state index < -0.39 is 5.60 Å². The lowest BCUT2D eigenvalue weighted by Gasteiger charge is -2.34. The predicted molar refractivity (Wildman–Crippen MR) is 75.7 cm³/mol. The van der Waals surface area contributed by atoms with Crippen LogP contribution in [0.3, 0.4) is 0 Å². The summed E-state index contributed by atoms with van der Waals surface area (Å²) in [6.45, 7) is 10.4. The number of nitrogens with one attached hydrogen (secondary N) is 1. The van der Waals surface area contributed by atoms with Crippen molar-refractivity contribution in [1.82, 2.24) is 5.32 Å². The Kier molecular flexibility index (Phi) is 6.25. The second kappa shape index (κ2) is 7.46. The molecule has 1 aliphatic rings. The molecule has 2 N–H and O–H groups in total. The summed E-state index contributed by atoms with van der Waals surface area (Å²) in [5.74, 6) is -0.00439. The third kappa shape index (κ3) is 4.48. The minimum absolute atomic E-state index is 0.00218. The van der Waals surface area contributed by atoms with E-state index in [1.165, 1.54) is 0 Å². The van der Waals surface area contributed by atoms with Crippen LogP contribution in [0.25, 0.3) is 0 Å². The average molecular weight is 267 g/mol. The smallest absolute Gasteiger partial charge is 0.223 e. The van der Waals surface area contributed by atoms with Crippen LogP contribution in [-0.2, 0) is 9.53 Å². The molecule has 0 unspecified atom stereocenters. The normalized spacial score (nSPS) is 18.6. The van der Waals surface area contributed by atoms with Gasteiger partial charge in [-0.2, -0.15) is 0 Å². The molecule has 1 atom stereocenters. The Hall–Kier alpha value is -1.13. The van der Waals surface area contributed by atoms with E-state index in [9.17, 15) is 9.90 Å². The van der Waals surface area contributed by atoms with Gasteiger partial charge in [-0.15, -0.1) is 13.2 Å². The molecule has 0 aromatic carbocycles. The van der Waals surface area contributed by atoms with Crippen LogP contribution in [0.2, 0.25) is 0 Å². The molecule has 0 aromatic heterocycles. The van der Waals surface area contributed by atoms with Crippen molar-refractivity contribution in [2.45, 2.75) is 44.2 Å². The molecule has 0 saturated carbocycles. The van der Waals surface area contributed by atoms with Crippen molar-refractivity contribution in [3.8, 4) is 0 Å². The van der Waals surface area contributed by atoms with Gasteiger partial charge in [-0.3, -0.25) is 4.79 Å². The molecule has 19 heavy (non-hydrogen) atoms. The zero-order valence-corrected chi connectivity index (χ0v) is 11.7. The van der Waals surface area contributed by atoms with Gasteiger partial charge in [0.05, 0.1) is 11.6 Å². The van der Waals surface area contributed by atoms with Crippen LogP contribution in [0.1, 0.15) is 32.6 Å². The van der Waals surface area contributed by atoms with Crippen LogP contribution in [0.4, 0.5) is 0 Å². The maximum atomic E-state index is 12.1. The van der Waals surface area contributed by atoms with Crippen molar-refractivity contribution in [2.75, 3.05) is 13.2 Å². The number of aliphatic hydroxyl groups is 1. The number of hydrogen-bond acceptors (Lipinski definition) is 3. The summed E-state index contributed by atoms with van der Waals surface area (Å²) in [7, 11) is 0. The molecule has 0 radical (unpaired) electrons. The van der Waals surface area contributed by atoms with E-state index in [1.54, 1.807) is 12.2 Å². The molecule has 0 spiro atoms. The Labute approximate surface area is 115 Å². The topological polar surface area (TPSA) is 58.6 Å². The molecule has 0 bridgehead atoms. The third-order valence-corrected chi connectivity index (χ3v) is 3.75. The van der Waals surface area contributed by atoms with E-state index in [4.69, 9.17) is 4.74 Å². The van der Waals surface area contributed by atoms with Crippen LogP contribution in [0.15, 0.2) is 25.3 Å². The molecule has 1 heterocycles. The van der Waals surface area contributed by atoms with Gasteiger partial charge in [0.25, 0.3) is 0 Å². The molecule has 108 valence electrons. The van der Waals surface area contributed by atoms with E-state index in [0.29, 0.717) is 26.1 Å². The second-order valence-electron chi connectivity index (χ2n) is 5.21. The Morgan fingerprint density at radius 3 is 2.42 bits per heavy atom. The quantitative estimate of drug-likeness (QED) is 0.692. The lowest BCUT2D eigenvalue weighted by atomic mass is 9.87. The largest absolute Gasteiger partial charge is 0.387 e. The Bertz CT molecular complexity index is 311. The molecule has 0 aliphatic carbocycles. The first kappa shape index (κ1) is 15.9. The minimum atomic E-state index is -1.01. The van der Waals surface area contributed by atoms with E-state index in [-0.39, 0.29) is 17.9 Å². The van der Waals surface area contributed by atoms with Gasteiger partial charge < -0.3 is 15.2 Å². The molecular weight excluding hydrogens is 242 g/mol. The van der Waals surface area contributed by atoms with Gasteiger partial charge in [0.15, 0.2) is 0 Å². The van der Waals surface area contributed by atoms with Crippen LogP contribution in [0, 0.1) is 5.92 Å². The molecular formula is C15H25NO3. The highest BCUT2D eigenvalue weighted by atomic mass is 16.5. The number of hydrogen-bond donors (Lipinski definition) is 2. The first-order valence-electron chi connectivity index (χ1n) is 6.86. The number of ether oxygens (including phenoxy) is 1. The fraction of sp³-hybridized carbons (Fsp3) is 0.667. The highest BCUT2D eigenvalue weighted by Crippen LogP contribution is 2.22. The fourth-order valence-corrected chi connectivity index (χ4v) is 2.36. The first-order valence-corrected chi connectivity index (χ1v) is 6.86. The Morgan fingerprint density at radius 2 is 1.95 bits per heavy atom. The summed E-state index contributed by atoms with van der Waals surface area (Å²) in [4.78, 5) is 12.1. The van der Waals surface area contributed by atoms with E-state index in [1.807, 2.05) is 6.92 Å².